The number of aliphatic carboxylic acids is 1. The number of carbonyl (C=O) groups is 2. The molecule has 0 saturated carbocycles. The highest BCUT2D eigenvalue weighted by Crippen LogP contribution is 2.28. The average molecular weight is 515 g/mol. The maximum Gasteiger partial charge on any atom is 0.326 e. The number of pyridine rings is 1. The number of carbonyl (C=O) groups excluding carboxylic acids is 1. The predicted octanol–water partition coefficient (Wildman–Crippen LogP) is 5.15. The van der Waals surface area contributed by atoms with Crippen LogP contribution in [0.15, 0.2) is 36.7 Å². The van der Waals surface area contributed by atoms with Crippen LogP contribution in [0, 0.1) is 6.92 Å². The smallest absolute Gasteiger partial charge is 0.326 e. The molecule has 0 bridgehead atoms. The summed E-state index contributed by atoms with van der Waals surface area (Å²) in [5.41, 5.74) is 1.40. The van der Waals surface area contributed by atoms with Crippen LogP contribution in [0.25, 0.3) is 0 Å². The molecule has 3 rings (SSSR count). The standard InChI is InChI=1S/C20H15Cl4N5O3/c1-9-26-17(23)16(18(24)27-9)29-14(20(31)32)6-10-2-4-11(5-3-10)28-19(30)15-12(21)7-25-8-13(15)22/h2-5,7-8,14,29H,6H2,1H3,(H,28,30)(H,31,32). The molecule has 3 N–H and O–H groups in total. The minimum Gasteiger partial charge on any atom is -0.480 e. The number of anilines is 2. The molecule has 12 heteroatoms. The van der Waals surface area contributed by atoms with Crippen LogP contribution >= 0.6 is 46.4 Å². The molecule has 8 nitrogen and oxygen atoms in total. The Morgan fingerprint density at radius 3 is 2.09 bits per heavy atom. The van der Waals surface area contributed by atoms with E-state index in [0.717, 1.165) is 0 Å². The Morgan fingerprint density at radius 2 is 1.56 bits per heavy atom. The van der Waals surface area contributed by atoms with Gasteiger partial charge >= 0.3 is 5.97 Å². The van der Waals surface area contributed by atoms with Gasteiger partial charge in [0.15, 0.2) is 10.3 Å². The number of rotatable bonds is 7. The molecular formula is C20H15Cl4N5O3. The van der Waals surface area contributed by atoms with Gasteiger partial charge in [-0.15, -0.1) is 0 Å². The Balaban J connectivity index is 1.72. The topological polar surface area (TPSA) is 117 Å². The van der Waals surface area contributed by atoms with Crippen LogP contribution in [0.5, 0.6) is 0 Å². The number of aromatic nitrogens is 3. The van der Waals surface area contributed by atoms with E-state index >= 15 is 0 Å². The Hall–Kier alpha value is -2.65. The molecule has 2 heterocycles. The number of benzene rings is 1. The molecule has 3 aromatic rings. The van der Waals surface area contributed by atoms with Crippen molar-refractivity contribution in [3.05, 3.63) is 74.0 Å². The van der Waals surface area contributed by atoms with Gasteiger partial charge in [0, 0.05) is 24.5 Å². The molecule has 1 amide bonds. The van der Waals surface area contributed by atoms with Gasteiger partial charge in [0.25, 0.3) is 5.91 Å². The molecule has 1 unspecified atom stereocenters. The summed E-state index contributed by atoms with van der Waals surface area (Å²) in [6, 6.07) is 5.57. The van der Waals surface area contributed by atoms with Crippen molar-refractivity contribution in [2.45, 2.75) is 19.4 Å². The summed E-state index contributed by atoms with van der Waals surface area (Å²) in [5, 5.41) is 15.4. The molecular weight excluding hydrogens is 500 g/mol. The van der Waals surface area contributed by atoms with Crippen LogP contribution in [0.2, 0.25) is 20.4 Å². The van der Waals surface area contributed by atoms with Crippen LogP contribution in [0.4, 0.5) is 11.4 Å². The maximum atomic E-state index is 12.5. The fraction of sp³-hybridized carbons (Fsp3) is 0.150. The third-order valence-corrected chi connectivity index (χ3v) is 5.40. The number of nitrogens with one attached hydrogen (secondary N) is 2. The van der Waals surface area contributed by atoms with Gasteiger partial charge in [0.1, 0.15) is 17.6 Å². The summed E-state index contributed by atoms with van der Waals surface area (Å²) in [7, 11) is 0. The molecule has 32 heavy (non-hydrogen) atoms. The van der Waals surface area contributed by atoms with Gasteiger partial charge in [0.2, 0.25) is 0 Å². The number of hydrogen-bond donors (Lipinski definition) is 3. The molecule has 0 aliphatic carbocycles. The Kier molecular flexibility index (Phi) is 7.73. The lowest BCUT2D eigenvalue weighted by Gasteiger charge is -2.17. The Morgan fingerprint density at radius 1 is 1.00 bits per heavy atom. The molecule has 0 spiro atoms. The molecule has 1 atom stereocenters. The molecule has 0 saturated heterocycles. The van der Waals surface area contributed by atoms with Crippen LogP contribution in [0.1, 0.15) is 21.7 Å². The van der Waals surface area contributed by atoms with E-state index in [1.807, 2.05) is 0 Å². The fourth-order valence-electron chi connectivity index (χ4n) is 2.78. The van der Waals surface area contributed by atoms with Crippen molar-refractivity contribution in [1.82, 2.24) is 15.0 Å². The van der Waals surface area contributed by atoms with E-state index in [4.69, 9.17) is 46.4 Å². The second-order valence-corrected chi connectivity index (χ2v) is 8.13. The molecule has 0 fully saturated rings. The van der Waals surface area contributed by atoms with Gasteiger partial charge in [0.05, 0.1) is 15.6 Å². The third kappa shape index (κ3) is 5.77. The average Bonchev–Trinajstić information content (AvgIpc) is 2.70. The predicted molar refractivity (Wildman–Crippen MR) is 124 cm³/mol. The SMILES string of the molecule is Cc1nc(Cl)c(NC(Cc2ccc(NC(=O)c3c(Cl)cncc3Cl)cc2)C(=O)O)c(Cl)n1. The number of amides is 1. The normalized spacial score (nSPS) is 11.7. The van der Waals surface area contributed by atoms with Gasteiger partial charge in [-0.05, 0) is 24.6 Å². The van der Waals surface area contributed by atoms with Gasteiger partial charge in [-0.2, -0.15) is 0 Å². The van der Waals surface area contributed by atoms with Crippen LogP contribution in [-0.2, 0) is 11.2 Å². The number of nitrogens with zero attached hydrogens (tertiary/aromatic N) is 3. The Labute approximate surface area is 202 Å². The molecule has 2 aromatic heterocycles. The highest BCUT2D eigenvalue weighted by Gasteiger charge is 2.22. The van der Waals surface area contributed by atoms with Crippen LogP contribution in [0.3, 0.4) is 0 Å². The fourth-order valence-corrected chi connectivity index (χ4v) is 3.90. The zero-order valence-electron chi connectivity index (χ0n) is 16.4. The minimum absolute atomic E-state index is 0.0280. The quantitative estimate of drug-likeness (QED) is 0.373. The first-order valence-corrected chi connectivity index (χ1v) is 10.5. The Bertz CT molecular complexity index is 1130. The van der Waals surface area contributed by atoms with Gasteiger partial charge in [-0.1, -0.05) is 58.5 Å². The monoisotopic (exact) mass is 513 g/mol. The minimum atomic E-state index is -1.11. The lowest BCUT2D eigenvalue weighted by molar-refractivity contribution is -0.137. The number of halogens is 4. The zero-order valence-corrected chi connectivity index (χ0v) is 19.4. The molecule has 166 valence electrons. The number of carboxylic acid groups (broad SMARTS) is 1. The van der Waals surface area contributed by atoms with Crippen LogP contribution < -0.4 is 10.6 Å². The van der Waals surface area contributed by atoms with Crippen molar-refractivity contribution in [2.75, 3.05) is 10.6 Å². The van der Waals surface area contributed by atoms with Crippen molar-refractivity contribution >= 4 is 69.7 Å². The summed E-state index contributed by atoms with van der Waals surface area (Å²) in [5.74, 6) is -1.25. The maximum absolute atomic E-state index is 12.5. The summed E-state index contributed by atoms with van der Waals surface area (Å²) in [6.07, 6.45) is 2.75. The number of aryl methyl sites for hydroxylation is 1. The van der Waals surface area contributed by atoms with Gasteiger partial charge < -0.3 is 15.7 Å². The number of carboxylic acids is 1. The van der Waals surface area contributed by atoms with Gasteiger partial charge in [-0.25, -0.2) is 14.8 Å². The van der Waals surface area contributed by atoms with Gasteiger partial charge in [-0.3, -0.25) is 9.78 Å². The zero-order chi connectivity index (χ0) is 23.4. The molecule has 0 aliphatic heterocycles. The summed E-state index contributed by atoms with van der Waals surface area (Å²) in [4.78, 5) is 36.0. The van der Waals surface area contributed by atoms with Crippen molar-refractivity contribution in [2.24, 2.45) is 0 Å². The first-order chi connectivity index (χ1) is 15.2. The van der Waals surface area contributed by atoms with E-state index in [0.29, 0.717) is 17.1 Å². The van der Waals surface area contributed by atoms with Crippen molar-refractivity contribution < 1.29 is 14.7 Å². The van der Waals surface area contributed by atoms with E-state index in [1.54, 1.807) is 31.2 Å². The summed E-state index contributed by atoms with van der Waals surface area (Å²) < 4.78 is 0. The van der Waals surface area contributed by atoms with E-state index < -0.39 is 17.9 Å². The van der Waals surface area contributed by atoms with E-state index in [2.05, 4.69) is 25.6 Å². The summed E-state index contributed by atoms with van der Waals surface area (Å²) in [6.45, 7) is 1.62. The van der Waals surface area contributed by atoms with E-state index in [-0.39, 0.29) is 38.0 Å². The first-order valence-electron chi connectivity index (χ1n) is 9.04. The third-order valence-electron chi connectivity index (χ3n) is 4.28. The lowest BCUT2D eigenvalue weighted by atomic mass is 10.1. The van der Waals surface area contributed by atoms with Crippen molar-refractivity contribution in [3.8, 4) is 0 Å². The first kappa shape index (κ1) is 24.0. The number of hydrogen-bond acceptors (Lipinski definition) is 6. The highest BCUT2D eigenvalue weighted by molar-refractivity contribution is 6.40. The van der Waals surface area contributed by atoms with Crippen molar-refractivity contribution in [3.63, 3.8) is 0 Å². The second-order valence-electron chi connectivity index (χ2n) is 6.60. The largest absolute Gasteiger partial charge is 0.480 e. The second kappa shape index (κ2) is 10.3. The summed E-state index contributed by atoms with van der Waals surface area (Å²) >= 11 is 24.2. The highest BCUT2D eigenvalue weighted by atomic mass is 35.5. The van der Waals surface area contributed by atoms with Crippen molar-refractivity contribution in [1.29, 1.82) is 0 Å². The lowest BCUT2D eigenvalue weighted by Crippen LogP contribution is -2.32. The van der Waals surface area contributed by atoms with E-state index in [9.17, 15) is 14.7 Å². The molecule has 0 aliphatic rings. The molecule has 0 radical (unpaired) electrons. The molecule has 1 aromatic carbocycles. The van der Waals surface area contributed by atoms with E-state index in [1.165, 1.54) is 12.4 Å². The van der Waals surface area contributed by atoms with Crippen LogP contribution in [-0.4, -0.2) is 38.0 Å².